The average molecular weight is 493 g/mol. The van der Waals surface area contributed by atoms with Gasteiger partial charge in [0.05, 0.1) is 69.9 Å². The second kappa shape index (κ2) is 15.3. The summed E-state index contributed by atoms with van der Waals surface area (Å²) in [6, 6.07) is 0. The van der Waals surface area contributed by atoms with Crippen molar-refractivity contribution in [2.45, 2.75) is 53.1 Å². The van der Waals surface area contributed by atoms with Crippen molar-refractivity contribution in [3.63, 3.8) is 0 Å². The van der Waals surface area contributed by atoms with Crippen LogP contribution < -0.4 is 0 Å². The lowest BCUT2D eigenvalue weighted by molar-refractivity contribution is 0.00627. The summed E-state index contributed by atoms with van der Waals surface area (Å²) >= 11 is 0. The molecule has 194 valence electrons. The highest BCUT2D eigenvalue weighted by molar-refractivity contribution is 4.99. The number of rotatable bonds is 19. The molecule has 0 saturated heterocycles. The lowest BCUT2D eigenvalue weighted by Crippen LogP contribution is -2.23. The minimum Gasteiger partial charge on any atom is -0.394 e. The maximum absolute atomic E-state index is 8.63. The van der Waals surface area contributed by atoms with Crippen LogP contribution in [0.15, 0.2) is 18.6 Å². The van der Waals surface area contributed by atoms with Gasteiger partial charge in [-0.1, -0.05) is 15.6 Å². The number of aliphatic hydroxyl groups is 1. The van der Waals surface area contributed by atoms with Crippen LogP contribution in [0.5, 0.6) is 0 Å². The zero-order valence-electron chi connectivity index (χ0n) is 20.6. The molecule has 0 aromatic carbocycles. The first-order valence-electron chi connectivity index (χ1n) is 11.9. The Kier molecular flexibility index (Phi) is 11.7. The first-order valence-corrected chi connectivity index (χ1v) is 11.9. The number of hydrogen-bond acceptors (Lipinski definition) is 11. The van der Waals surface area contributed by atoms with E-state index in [0.717, 1.165) is 30.2 Å². The van der Waals surface area contributed by atoms with Crippen LogP contribution in [0.3, 0.4) is 0 Å². The van der Waals surface area contributed by atoms with E-state index in [0.29, 0.717) is 65.8 Å². The molecule has 0 radical (unpaired) electrons. The van der Waals surface area contributed by atoms with Crippen LogP contribution >= 0.6 is 0 Å². The molecule has 0 aliphatic rings. The second-order valence-electron chi connectivity index (χ2n) is 7.81. The van der Waals surface area contributed by atoms with Crippen LogP contribution in [0, 0.1) is 0 Å². The van der Waals surface area contributed by atoms with Crippen molar-refractivity contribution in [3.05, 3.63) is 35.7 Å². The summed E-state index contributed by atoms with van der Waals surface area (Å²) in [5.41, 5.74) is 2.62. The molecule has 0 aliphatic heterocycles. The van der Waals surface area contributed by atoms with E-state index in [9.17, 15) is 0 Å². The molecule has 3 rings (SSSR count). The van der Waals surface area contributed by atoms with E-state index in [1.165, 1.54) is 0 Å². The van der Waals surface area contributed by atoms with Gasteiger partial charge in [-0.2, -0.15) is 0 Å². The third-order valence-corrected chi connectivity index (χ3v) is 5.01. The van der Waals surface area contributed by atoms with Gasteiger partial charge in [0.1, 0.15) is 0 Å². The summed E-state index contributed by atoms with van der Waals surface area (Å²) in [7, 11) is 0. The second-order valence-corrected chi connectivity index (χ2v) is 7.81. The fourth-order valence-electron chi connectivity index (χ4n) is 3.27. The molecule has 3 heterocycles. The topological polar surface area (TPSA) is 143 Å². The molecule has 0 aliphatic carbocycles. The van der Waals surface area contributed by atoms with Crippen molar-refractivity contribution in [2.24, 2.45) is 0 Å². The summed E-state index contributed by atoms with van der Waals surface area (Å²) in [5, 5.41) is 34.0. The summed E-state index contributed by atoms with van der Waals surface area (Å²) in [4.78, 5) is 2.19. The minimum atomic E-state index is 0.0226. The number of hydrogen-bond donors (Lipinski definition) is 1. The van der Waals surface area contributed by atoms with Gasteiger partial charge in [-0.05, 0) is 13.8 Å². The average Bonchev–Trinajstić information content (AvgIpc) is 3.62. The maximum atomic E-state index is 8.63. The molecule has 14 heteroatoms. The molecule has 3 aromatic rings. The largest absolute Gasteiger partial charge is 0.394 e. The molecule has 0 unspecified atom stereocenters. The highest BCUT2D eigenvalue weighted by Crippen LogP contribution is 2.11. The molecular weight excluding hydrogens is 456 g/mol. The van der Waals surface area contributed by atoms with E-state index in [1.54, 1.807) is 4.68 Å². The normalized spacial score (nSPS) is 11.7. The molecule has 0 saturated carbocycles. The lowest BCUT2D eigenvalue weighted by atomic mass is 10.3. The van der Waals surface area contributed by atoms with Crippen molar-refractivity contribution in [2.75, 3.05) is 46.2 Å². The smallest absolute Gasteiger partial charge is 0.0967 e. The van der Waals surface area contributed by atoms with Crippen molar-refractivity contribution in [1.29, 1.82) is 0 Å². The monoisotopic (exact) mass is 492 g/mol. The third kappa shape index (κ3) is 9.78. The quantitative estimate of drug-likeness (QED) is 0.221. The predicted molar refractivity (Wildman–Crippen MR) is 124 cm³/mol. The SMILES string of the molecule is CCn1cc(CN(Cc2cn(CC)nn2)Cc2cn(CCOCCOCCOCCO)nn2)nn1. The number of ether oxygens (including phenoxy) is 3. The first kappa shape index (κ1) is 26.8. The van der Waals surface area contributed by atoms with Gasteiger partial charge in [0, 0.05) is 51.3 Å². The van der Waals surface area contributed by atoms with E-state index in [4.69, 9.17) is 19.3 Å². The van der Waals surface area contributed by atoms with Crippen LogP contribution in [-0.2, 0) is 53.5 Å². The highest BCUT2D eigenvalue weighted by Gasteiger charge is 2.15. The Labute approximate surface area is 204 Å². The summed E-state index contributed by atoms with van der Waals surface area (Å²) in [5.74, 6) is 0. The number of aromatic nitrogens is 9. The molecule has 35 heavy (non-hydrogen) atoms. The Morgan fingerprint density at radius 3 is 1.54 bits per heavy atom. The molecule has 1 N–H and O–H groups in total. The molecule has 0 amide bonds. The zero-order chi connectivity index (χ0) is 24.7. The number of aryl methyl sites for hydroxylation is 2. The van der Waals surface area contributed by atoms with Crippen LogP contribution in [0.1, 0.15) is 30.9 Å². The third-order valence-electron chi connectivity index (χ3n) is 5.01. The van der Waals surface area contributed by atoms with Crippen LogP contribution in [-0.4, -0.2) is 101 Å². The van der Waals surface area contributed by atoms with Gasteiger partial charge in [-0.15, -0.1) is 15.3 Å². The predicted octanol–water partition coefficient (Wildman–Crippen LogP) is -0.255. The van der Waals surface area contributed by atoms with Gasteiger partial charge >= 0.3 is 0 Å². The minimum absolute atomic E-state index is 0.0226. The Morgan fingerprint density at radius 2 is 1.09 bits per heavy atom. The summed E-state index contributed by atoms with van der Waals surface area (Å²) < 4.78 is 21.5. The zero-order valence-corrected chi connectivity index (χ0v) is 20.6. The Hall–Kier alpha value is -2.78. The van der Waals surface area contributed by atoms with Crippen molar-refractivity contribution >= 4 is 0 Å². The molecule has 0 atom stereocenters. The van der Waals surface area contributed by atoms with E-state index in [1.807, 2.05) is 41.8 Å². The molecule has 0 fully saturated rings. The van der Waals surface area contributed by atoms with Crippen molar-refractivity contribution in [3.8, 4) is 0 Å². The number of aliphatic hydroxyl groups excluding tert-OH is 1. The number of nitrogens with zero attached hydrogens (tertiary/aromatic N) is 10. The first-order chi connectivity index (χ1) is 17.2. The van der Waals surface area contributed by atoms with Gasteiger partial charge in [-0.25, -0.2) is 4.68 Å². The fraction of sp³-hybridized carbons (Fsp3) is 0.714. The fourth-order valence-corrected chi connectivity index (χ4v) is 3.27. The van der Waals surface area contributed by atoms with E-state index < -0.39 is 0 Å². The Morgan fingerprint density at radius 1 is 0.657 bits per heavy atom. The van der Waals surface area contributed by atoms with Crippen LogP contribution in [0.25, 0.3) is 0 Å². The van der Waals surface area contributed by atoms with Gasteiger partial charge < -0.3 is 19.3 Å². The van der Waals surface area contributed by atoms with Gasteiger partial charge in [0.2, 0.25) is 0 Å². The van der Waals surface area contributed by atoms with Crippen molar-refractivity contribution in [1.82, 2.24) is 49.9 Å². The van der Waals surface area contributed by atoms with Crippen LogP contribution in [0.4, 0.5) is 0 Å². The molecular formula is C21H36N10O4. The maximum Gasteiger partial charge on any atom is 0.0967 e. The highest BCUT2D eigenvalue weighted by atomic mass is 16.5. The molecule has 0 bridgehead atoms. The van der Waals surface area contributed by atoms with Gasteiger partial charge in [0.25, 0.3) is 0 Å². The summed E-state index contributed by atoms with van der Waals surface area (Å²) in [6.07, 6.45) is 5.84. The van der Waals surface area contributed by atoms with Crippen LogP contribution in [0.2, 0.25) is 0 Å². The van der Waals surface area contributed by atoms with Crippen molar-refractivity contribution < 1.29 is 19.3 Å². The Bertz CT molecular complexity index is 915. The van der Waals surface area contributed by atoms with E-state index in [-0.39, 0.29) is 6.61 Å². The molecule has 14 nitrogen and oxygen atoms in total. The Balaban J connectivity index is 1.44. The molecule has 0 spiro atoms. The van der Waals surface area contributed by atoms with Gasteiger partial charge in [-0.3, -0.25) is 14.3 Å². The van der Waals surface area contributed by atoms with E-state index in [2.05, 4.69) is 35.8 Å². The molecule has 3 aromatic heterocycles. The van der Waals surface area contributed by atoms with E-state index >= 15 is 0 Å². The standard InChI is InChI=1S/C21H36N10O4/c1-3-29-16-19(22-25-29)13-28(14-20-17-30(4-2)26-23-20)15-21-18-31(27-24-21)5-7-33-9-11-35-12-10-34-8-6-32/h16-18,32H,3-15H2,1-2H3. The van der Waals surface area contributed by atoms with Gasteiger partial charge in [0.15, 0.2) is 0 Å². The summed E-state index contributed by atoms with van der Waals surface area (Å²) in [6.45, 7) is 10.8. The lowest BCUT2D eigenvalue weighted by Gasteiger charge is -2.18.